The van der Waals surface area contributed by atoms with Crippen LogP contribution in [0.4, 0.5) is 5.95 Å². The molecule has 3 aromatic rings. The van der Waals surface area contributed by atoms with Gasteiger partial charge in [0.25, 0.3) is 5.95 Å². The summed E-state index contributed by atoms with van der Waals surface area (Å²) in [6, 6.07) is 20.2. The van der Waals surface area contributed by atoms with Gasteiger partial charge in [-0.15, -0.1) is 0 Å². The summed E-state index contributed by atoms with van der Waals surface area (Å²) in [5.41, 5.74) is 3.10. The monoisotopic (exact) mass is 414 g/mol. The molecule has 0 saturated carbocycles. The summed E-state index contributed by atoms with van der Waals surface area (Å²) in [4.78, 5) is 17.2. The van der Waals surface area contributed by atoms with Crippen molar-refractivity contribution < 1.29 is 4.79 Å². The zero-order valence-electron chi connectivity index (χ0n) is 17.5. The second-order valence-electron chi connectivity index (χ2n) is 8.08. The normalized spacial score (nSPS) is 18.8. The highest BCUT2D eigenvalue weighted by atomic mass is 16.2. The molecule has 31 heavy (non-hydrogen) atoms. The van der Waals surface area contributed by atoms with E-state index in [1.54, 1.807) is 4.68 Å². The summed E-state index contributed by atoms with van der Waals surface area (Å²) in [5.74, 6) is 0.717. The van der Waals surface area contributed by atoms with E-state index in [2.05, 4.69) is 45.9 Å². The number of nitrogens with zero attached hydrogens (tertiary/aromatic N) is 6. The fourth-order valence-corrected chi connectivity index (χ4v) is 4.42. The Kier molecular flexibility index (Phi) is 5.48. The lowest BCUT2D eigenvalue weighted by Crippen LogP contribution is -2.42. The van der Waals surface area contributed by atoms with Crippen molar-refractivity contribution in [1.29, 1.82) is 0 Å². The van der Waals surface area contributed by atoms with Gasteiger partial charge in [0.1, 0.15) is 12.6 Å². The molecule has 1 fully saturated rings. The van der Waals surface area contributed by atoms with Crippen LogP contribution < -0.4 is 4.90 Å². The van der Waals surface area contributed by atoms with Crippen LogP contribution in [-0.4, -0.2) is 50.6 Å². The van der Waals surface area contributed by atoms with Gasteiger partial charge in [0.05, 0.1) is 5.70 Å². The van der Waals surface area contributed by atoms with Gasteiger partial charge < -0.3 is 4.90 Å². The summed E-state index contributed by atoms with van der Waals surface area (Å²) in [6.45, 7) is 1.88. The zero-order valence-corrected chi connectivity index (χ0v) is 17.5. The van der Waals surface area contributed by atoms with Gasteiger partial charge in [0.15, 0.2) is 0 Å². The van der Waals surface area contributed by atoms with Crippen molar-refractivity contribution in [3.63, 3.8) is 0 Å². The van der Waals surface area contributed by atoms with Crippen molar-refractivity contribution in [2.75, 3.05) is 24.5 Å². The Morgan fingerprint density at radius 2 is 1.58 bits per heavy atom. The van der Waals surface area contributed by atoms with E-state index < -0.39 is 0 Å². The maximum Gasteiger partial charge on any atom is 0.251 e. The highest BCUT2D eigenvalue weighted by Gasteiger charge is 2.32. The van der Waals surface area contributed by atoms with E-state index in [1.807, 2.05) is 46.2 Å². The summed E-state index contributed by atoms with van der Waals surface area (Å²) in [7, 11) is 0. The van der Waals surface area contributed by atoms with Crippen LogP contribution in [0.1, 0.15) is 42.9 Å². The van der Waals surface area contributed by atoms with Crippen LogP contribution in [-0.2, 0) is 4.79 Å². The maximum atomic E-state index is 13.3. The Labute approximate surface area is 182 Å². The van der Waals surface area contributed by atoms with Gasteiger partial charge in [-0.1, -0.05) is 78.6 Å². The van der Waals surface area contributed by atoms with Gasteiger partial charge in [0.2, 0.25) is 5.91 Å². The highest BCUT2D eigenvalue weighted by molar-refractivity contribution is 5.89. The first-order valence-corrected chi connectivity index (χ1v) is 11.0. The van der Waals surface area contributed by atoms with E-state index in [9.17, 15) is 4.79 Å². The van der Waals surface area contributed by atoms with Crippen molar-refractivity contribution in [3.05, 3.63) is 77.9 Å². The molecule has 1 aromatic heterocycles. The second kappa shape index (κ2) is 8.71. The molecule has 1 atom stereocenters. The Morgan fingerprint density at radius 3 is 2.29 bits per heavy atom. The van der Waals surface area contributed by atoms with Gasteiger partial charge in [0, 0.05) is 13.1 Å². The molecule has 0 spiro atoms. The quantitative estimate of drug-likeness (QED) is 0.653. The molecule has 0 bridgehead atoms. The van der Waals surface area contributed by atoms with Gasteiger partial charge in [-0.05, 0) is 40.5 Å². The van der Waals surface area contributed by atoms with Gasteiger partial charge in [-0.3, -0.25) is 9.69 Å². The molecule has 2 aliphatic heterocycles. The third kappa shape index (κ3) is 3.95. The Morgan fingerprint density at radius 1 is 0.903 bits per heavy atom. The predicted molar refractivity (Wildman–Crippen MR) is 119 cm³/mol. The molecular weight excluding hydrogens is 388 g/mol. The van der Waals surface area contributed by atoms with E-state index in [0.717, 1.165) is 42.8 Å². The molecule has 3 heterocycles. The number of aromatic nitrogens is 4. The summed E-state index contributed by atoms with van der Waals surface area (Å²) in [6.07, 6.45) is 6.69. The number of anilines is 1. The third-order valence-corrected chi connectivity index (χ3v) is 6.05. The first-order valence-electron chi connectivity index (χ1n) is 11.0. The van der Waals surface area contributed by atoms with Crippen LogP contribution in [0.2, 0.25) is 0 Å². The van der Waals surface area contributed by atoms with Crippen molar-refractivity contribution in [3.8, 4) is 0 Å². The lowest BCUT2D eigenvalue weighted by atomic mass is 10.0. The number of carbonyl (C=O) groups excluding carboxylic acids is 1. The van der Waals surface area contributed by atoms with Gasteiger partial charge in [-0.25, -0.2) is 0 Å². The molecule has 5 rings (SSSR count). The molecule has 0 unspecified atom stereocenters. The number of fused-ring (bicyclic) bond motifs is 1. The molecule has 0 N–H and O–H groups in total. The Hall–Kier alpha value is -3.48. The topological polar surface area (TPSA) is 67.2 Å². The number of amides is 1. The van der Waals surface area contributed by atoms with Crippen molar-refractivity contribution in [2.24, 2.45) is 0 Å². The third-order valence-electron chi connectivity index (χ3n) is 6.05. The van der Waals surface area contributed by atoms with Crippen LogP contribution in [0, 0.1) is 0 Å². The molecule has 0 aliphatic carbocycles. The van der Waals surface area contributed by atoms with Crippen LogP contribution in [0.5, 0.6) is 0 Å². The first kappa shape index (κ1) is 19.5. The Bertz CT molecular complexity index is 1050. The molecule has 1 amide bonds. The standard InChI is InChI=1S/C24H26N6O/c31-23(28-15-9-1-2-10-16-28)18-29-21(19-11-5-3-6-12-19)17-22(20-13-7-4-8-14-20)30-24(29)25-26-27-30/h3-8,11-14,17,22H,1-2,9-10,15-16,18H2/t22-/m0/s1. The van der Waals surface area contributed by atoms with Crippen molar-refractivity contribution in [1.82, 2.24) is 25.1 Å². The molecule has 2 aliphatic rings. The molecule has 7 nitrogen and oxygen atoms in total. The van der Waals surface area contributed by atoms with E-state index >= 15 is 0 Å². The van der Waals surface area contributed by atoms with E-state index in [0.29, 0.717) is 5.95 Å². The molecule has 1 saturated heterocycles. The molecule has 2 aromatic carbocycles. The number of rotatable bonds is 4. The van der Waals surface area contributed by atoms with Crippen LogP contribution in [0.15, 0.2) is 66.7 Å². The zero-order chi connectivity index (χ0) is 21.0. The van der Waals surface area contributed by atoms with Gasteiger partial charge >= 0.3 is 0 Å². The molecule has 0 radical (unpaired) electrons. The minimum Gasteiger partial charge on any atom is -0.341 e. The smallest absolute Gasteiger partial charge is 0.251 e. The number of benzene rings is 2. The van der Waals surface area contributed by atoms with Gasteiger partial charge in [-0.2, -0.15) is 4.68 Å². The highest BCUT2D eigenvalue weighted by Crippen LogP contribution is 2.36. The largest absolute Gasteiger partial charge is 0.341 e. The average molecular weight is 415 g/mol. The number of carbonyl (C=O) groups is 1. The number of allylic oxidation sites excluding steroid dienone is 1. The summed E-state index contributed by atoms with van der Waals surface area (Å²) < 4.78 is 1.80. The fraction of sp³-hybridized carbons (Fsp3) is 0.333. The lowest BCUT2D eigenvalue weighted by molar-refractivity contribution is -0.129. The molecular formula is C24H26N6O. The van der Waals surface area contributed by atoms with Crippen molar-refractivity contribution >= 4 is 17.6 Å². The van der Waals surface area contributed by atoms with E-state index in [1.165, 1.54) is 12.8 Å². The number of hydrogen-bond donors (Lipinski definition) is 0. The summed E-state index contributed by atoms with van der Waals surface area (Å²) >= 11 is 0. The maximum absolute atomic E-state index is 13.3. The van der Waals surface area contributed by atoms with E-state index in [-0.39, 0.29) is 18.5 Å². The SMILES string of the molecule is O=C(CN1C(c2ccccc2)=C[C@@H](c2ccccc2)n2nnnc21)N1CCCCCC1. The first-order chi connectivity index (χ1) is 15.3. The number of hydrogen-bond acceptors (Lipinski definition) is 5. The predicted octanol–water partition coefficient (Wildman–Crippen LogP) is 3.53. The molecule has 7 heteroatoms. The molecule has 158 valence electrons. The van der Waals surface area contributed by atoms with Crippen LogP contribution >= 0.6 is 0 Å². The number of tetrazole rings is 1. The minimum atomic E-state index is -0.133. The second-order valence-corrected chi connectivity index (χ2v) is 8.08. The minimum absolute atomic E-state index is 0.122. The summed E-state index contributed by atoms with van der Waals surface area (Å²) in [5, 5.41) is 12.6. The van der Waals surface area contributed by atoms with E-state index in [4.69, 9.17) is 0 Å². The van der Waals surface area contributed by atoms with Crippen molar-refractivity contribution in [2.45, 2.75) is 31.7 Å². The number of likely N-dealkylation sites (tertiary alicyclic amines) is 1. The average Bonchev–Trinajstić information content (AvgIpc) is 3.15. The lowest BCUT2D eigenvalue weighted by Gasteiger charge is -2.34. The Balaban J connectivity index is 1.54. The fourth-order valence-electron chi connectivity index (χ4n) is 4.42. The van der Waals surface area contributed by atoms with Crippen LogP contribution in [0.3, 0.4) is 0 Å². The van der Waals surface area contributed by atoms with Crippen LogP contribution in [0.25, 0.3) is 5.70 Å².